The summed E-state index contributed by atoms with van der Waals surface area (Å²) in [6.07, 6.45) is 8.19. The fourth-order valence-corrected chi connectivity index (χ4v) is 3.05. The summed E-state index contributed by atoms with van der Waals surface area (Å²) in [5, 5.41) is 4.32. The second-order valence-electron chi connectivity index (χ2n) is 6.18. The Kier molecular flexibility index (Phi) is 4.59. The lowest BCUT2D eigenvalue weighted by atomic mass is 10.0. The summed E-state index contributed by atoms with van der Waals surface area (Å²) < 4.78 is 1.88. The lowest BCUT2D eigenvalue weighted by Gasteiger charge is -2.35. The van der Waals surface area contributed by atoms with Gasteiger partial charge in [0.15, 0.2) is 0 Å². The number of pyridine rings is 1. The molecule has 3 rings (SSSR count). The summed E-state index contributed by atoms with van der Waals surface area (Å²) in [5.41, 5.74) is 6.95. The van der Waals surface area contributed by atoms with Crippen LogP contribution in [0.3, 0.4) is 0 Å². The molecule has 3 heterocycles. The van der Waals surface area contributed by atoms with E-state index < -0.39 is 5.91 Å². The number of piperidine rings is 1. The molecule has 2 aromatic heterocycles. The van der Waals surface area contributed by atoms with Crippen LogP contribution < -0.4 is 5.73 Å². The van der Waals surface area contributed by atoms with Crippen LogP contribution in [0.1, 0.15) is 45.7 Å². The predicted molar refractivity (Wildman–Crippen MR) is 88.4 cm³/mol. The Morgan fingerprint density at radius 3 is 2.75 bits per heavy atom. The first-order chi connectivity index (χ1) is 11.5. The zero-order chi connectivity index (χ0) is 17.1. The highest BCUT2D eigenvalue weighted by molar-refractivity contribution is 5.95. The lowest BCUT2D eigenvalue weighted by Crippen LogP contribution is -2.46. The van der Waals surface area contributed by atoms with E-state index in [4.69, 9.17) is 5.73 Å². The van der Waals surface area contributed by atoms with Crippen LogP contribution in [0, 0.1) is 6.92 Å². The fourth-order valence-electron chi connectivity index (χ4n) is 3.05. The van der Waals surface area contributed by atoms with E-state index in [0.29, 0.717) is 24.3 Å². The van der Waals surface area contributed by atoms with Crippen LogP contribution in [-0.2, 0) is 6.54 Å². The molecular weight excluding hydrogens is 306 g/mol. The first-order valence-electron chi connectivity index (χ1n) is 8.10. The van der Waals surface area contributed by atoms with Gasteiger partial charge in [-0.3, -0.25) is 19.3 Å². The molecule has 2 aromatic rings. The maximum Gasteiger partial charge on any atom is 0.272 e. The molecule has 1 saturated heterocycles. The molecule has 1 fully saturated rings. The Hall–Kier alpha value is -2.70. The Labute approximate surface area is 140 Å². The third-order valence-corrected chi connectivity index (χ3v) is 4.32. The summed E-state index contributed by atoms with van der Waals surface area (Å²) >= 11 is 0. The molecule has 24 heavy (non-hydrogen) atoms. The van der Waals surface area contributed by atoms with Crippen molar-refractivity contribution in [3.63, 3.8) is 0 Å². The molecular formula is C17H21N5O2. The third kappa shape index (κ3) is 3.45. The SMILES string of the molecule is Cc1cnn(C[C@H]2CCCCN2C(=O)c2ccc(C(N)=O)cn2)c1. The van der Waals surface area contributed by atoms with Crippen LogP contribution in [0.5, 0.6) is 0 Å². The smallest absolute Gasteiger partial charge is 0.272 e. The number of nitrogens with two attached hydrogens (primary N) is 1. The number of nitrogens with zero attached hydrogens (tertiary/aromatic N) is 4. The topological polar surface area (TPSA) is 94.1 Å². The van der Waals surface area contributed by atoms with E-state index in [1.807, 2.05) is 28.9 Å². The van der Waals surface area contributed by atoms with Crippen molar-refractivity contribution in [1.29, 1.82) is 0 Å². The van der Waals surface area contributed by atoms with Crippen molar-refractivity contribution in [3.05, 3.63) is 47.5 Å². The zero-order valence-corrected chi connectivity index (χ0v) is 13.7. The molecule has 0 bridgehead atoms. The van der Waals surface area contributed by atoms with E-state index >= 15 is 0 Å². The summed E-state index contributed by atoms with van der Waals surface area (Å²) in [7, 11) is 0. The second kappa shape index (κ2) is 6.82. The number of amides is 2. The van der Waals surface area contributed by atoms with Gasteiger partial charge in [0.1, 0.15) is 5.69 Å². The van der Waals surface area contributed by atoms with Crippen molar-refractivity contribution >= 4 is 11.8 Å². The molecule has 0 unspecified atom stereocenters. The number of rotatable bonds is 4. The van der Waals surface area contributed by atoms with Gasteiger partial charge in [-0.05, 0) is 43.9 Å². The van der Waals surface area contributed by atoms with Gasteiger partial charge in [-0.15, -0.1) is 0 Å². The van der Waals surface area contributed by atoms with E-state index in [0.717, 1.165) is 24.8 Å². The highest BCUT2D eigenvalue weighted by Crippen LogP contribution is 2.20. The first-order valence-corrected chi connectivity index (χ1v) is 8.10. The van der Waals surface area contributed by atoms with Crippen LogP contribution in [0.2, 0.25) is 0 Å². The number of aryl methyl sites for hydroxylation is 1. The number of hydrogen-bond acceptors (Lipinski definition) is 4. The summed E-state index contributed by atoms with van der Waals surface area (Å²) in [4.78, 5) is 29.9. The summed E-state index contributed by atoms with van der Waals surface area (Å²) in [5.74, 6) is -0.661. The largest absolute Gasteiger partial charge is 0.366 e. The minimum atomic E-state index is -0.550. The Balaban J connectivity index is 1.76. The molecule has 126 valence electrons. The van der Waals surface area contributed by atoms with Gasteiger partial charge >= 0.3 is 0 Å². The minimum Gasteiger partial charge on any atom is -0.366 e. The van der Waals surface area contributed by atoms with E-state index in [1.54, 1.807) is 12.1 Å². The molecule has 0 aliphatic carbocycles. The molecule has 7 heteroatoms. The number of hydrogen-bond donors (Lipinski definition) is 1. The standard InChI is InChI=1S/C17H21N5O2/c1-12-8-20-21(10-12)11-14-4-2-3-7-22(14)17(24)15-6-5-13(9-19-15)16(18)23/h5-6,8-10,14H,2-4,7,11H2,1H3,(H2,18,23)/t14-/m1/s1. The second-order valence-corrected chi connectivity index (χ2v) is 6.18. The van der Waals surface area contributed by atoms with Crippen molar-refractivity contribution < 1.29 is 9.59 Å². The van der Waals surface area contributed by atoms with Crippen LogP contribution >= 0.6 is 0 Å². The molecule has 2 amide bonds. The molecule has 2 N–H and O–H groups in total. The minimum absolute atomic E-state index is 0.100. The quantitative estimate of drug-likeness (QED) is 0.918. The average molecular weight is 327 g/mol. The highest BCUT2D eigenvalue weighted by atomic mass is 16.2. The maximum absolute atomic E-state index is 12.8. The van der Waals surface area contributed by atoms with Crippen LogP contribution in [0.15, 0.2) is 30.7 Å². The maximum atomic E-state index is 12.8. The normalized spacial score (nSPS) is 17.7. The van der Waals surface area contributed by atoms with Gasteiger partial charge in [-0.1, -0.05) is 0 Å². The van der Waals surface area contributed by atoms with Gasteiger partial charge in [0.05, 0.1) is 24.3 Å². The summed E-state index contributed by atoms with van der Waals surface area (Å²) in [6.45, 7) is 3.39. The first kappa shape index (κ1) is 16.2. The monoisotopic (exact) mass is 327 g/mol. The molecule has 0 saturated carbocycles. The molecule has 7 nitrogen and oxygen atoms in total. The van der Waals surface area contributed by atoms with Crippen molar-refractivity contribution in [2.24, 2.45) is 5.73 Å². The number of aromatic nitrogens is 3. The third-order valence-electron chi connectivity index (χ3n) is 4.32. The van der Waals surface area contributed by atoms with Crippen molar-refractivity contribution in [1.82, 2.24) is 19.7 Å². The molecule has 1 atom stereocenters. The van der Waals surface area contributed by atoms with Crippen LogP contribution in [-0.4, -0.2) is 44.1 Å². The Morgan fingerprint density at radius 2 is 2.12 bits per heavy atom. The molecule has 0 spiro atoms. The molecule has 0 aromatic carbocycles. The van der Waals surface area contributed by atoms with Gasteiger partial charge in [0, 0.05) is 18.9 Å². The van der Waals surface area contributed by atoms with Gasteiger partial charge in [-0.25, -0.2) is 0 Å². The fraction of sp³-hybridized carbons (Fsp3) is 0.412. The Morgan fingerprint density at radius 1 is 1.29 bits per heavy atom. The van der Waals surface area contributed by atoms with Crippen LogP contribution in [0.25, 0.3) is 0 Å². The molecule has 1 aliphatic rings. The van der Waals surface area contributed by atoms with Crippen LogP contribution in [0.4, 0.5) is 0 Å². The number of primary amides is 1. The molecule has 1 aliphatic heterocycles. The van der Waals surface area contributed by atoms with Crippen molar-refractivity contribution in [3.8, 4) is 0 Å². The van der Waals surface area contributed by atoms with Gasteiger partial charge in [-0.2, -0.15) is 5.10 Å². The van der Waals surface area contributed by atoms with Crippen molar-refractivity contribution in [2.45, 2.75) is 38.8 Å². The molecule has 0 radical (unpaired) electrons. The van der Waals surface area contributed by atoms with Gasteiger partial charge < -0.3 is 10.6 Å². The van der Waals surface area contributed by atoms with E-state index in [-0.39, 0.29) is 11.9 Å². The van der Waals surface area contributed by atoms with Gasteiger partial charge in [0.25, 0.3) is 5.91 Å². The summed E-state index contributed by atoms with van der Waals surface area (Å²) in [6, 6.07) is 3.20. The highest BCUT2D eigenvalue weighted by Gasteiger charge is 2.28. The predicted octanol–water partition coefficient (Wildman–Crippen LogP) is 1.38. The number of carbonyl (C=O) groups excluding carboxylic acids is 2. The lowest BCUT2D eigenvalue weighted by molar-refractivity contribution is 0.0577. The van der Waals surface area contributed by atoms with Crippen molar-refractivity contribution in [2.75, 3.05) is 6.54 Å². The Bertz CT molecular complexity index is 738. The van der Waals surface area contributed by atoms with E-state index in [2.05, 4.69) is 10.1 Å². The zero-order valence-electron chi connectivity index (χ0n) is 13.7. The average Bonchev–Trinajstić information content (AvgIpc) is 3.00. The number of likely N-dealkylation sites (tertiary alicyclic amines) is 1. The van der Waals surface area contributed by atoms with E-state index in [1.165, 1.54) is 6.20 Å². The van der Waals surface area contributed by atoms with Gasteiger partial charge in [0.2, 0.25) is 5.91 Å². The number of carbonyl (C=O) groups is 2. The van der Waals surface area contributed by atoms with E-state index in [9.17, 15) is 9.59 Å².